The lowest BCUT2D eigenvalue weighted by atomic mass is 9.87. The van der Waals surface area contributed by atoms with Gasteiger partial charge >= 0.3 is 0 Å². The fourth-order valence-electron chi connectivity index (χ4n) is 3.84. The average molecular weight is 389 g/mol. The van der Waals surface area contributed by atoms with Crippen molar-refractivity contribution in [2.45, 2.75) is 45.1 Å². The summed E-state index contributed by atoms with van der Waals surface area (Å²) in [5.74, 6) is 0.344. The van der Waals surface area contributed by atoms with Crippen molar-refractivity contribution in [3.05, 3.63) is 43.8 Å². The minimum Gasteiger partial charge on any atom is -0.351 e. The molecular weight excluding hydrogens is 364 g/mol. The van der Waals surface area contributed by atoms with Crippen LogP contribution in [0.15, 0.2) is 23.6 Å². The first-order chi connectivity index (χ1) is 12.7. The highest BCUT2D eigenvalue weighted by molar-refractivity contribution is 7.14. The predicted molar refractivity (Wildman–Crippen MR) is 106 cm³/mol. The van der Waals surface area contributed by atoms with E-state index in [9.17, 15) is 9.59 Å². The van der Waals surface area contributed by atoms with Crippen LogP contribution in [-0.4, -0.2) is 29.8 Å². The first kappa shape index (κ1) is 17.7. The Bertz CT molecular complexity index is 776. The summed E-state index contributed by atoms with van der Waals surface area (Å²) in [5.41, 5.74) is 1.21. The predicted octanol–water partition coefficient (Wildman–Crippen LogP) is 3.86. The van der Waals surface area contributed by atoms with Gasteiger partial charge in [-0.1, -0.05) is 6.07 Å². The van der Waals surface area contributed by atoms with E-state index >= 15 is 0 Å². The van der Waals surface area contributed by atoms with Crippen molar-refractivity contribution in [3.63, 3.8) is 0 Å². The average Bonchev–Trinajstić information content (AvgIpc) is 3.35. The molecule has 1 aliphatic heterocycles. The van der Waals surface area contributed by atoms with Crippen molar-refractivity contribution in [1.82, 2.24) is 10.2 Å². The molecule has 3 heterocycles. The number of piperidine rings is 1. The van der Waals surface area contributed by atoms with Gasteiger partial charge in [0, 0.05) is 28.8 Å². The number of nitrogens with zero attached hydrogens (tertiary/aromatic N) is 1. The molecule has 2 aromatic heterocycles. The van der Waals surface area contributed by atoms with E-state index in [4.69, 9.17) is 0 Å². The molecule has 1 fully saturated rings. The molecule has 6 heteroatoms. The molecular formula is C20H24N2O2S2. The highest BCUT2D eigenvalue weighted by atomic mass is 32.1. The lowest BCUT2D eigenvalue weighted by molar-refractivity contribution is -0.125. The molecule has 1 saturated heterocycles. The zero-order valence-electron chi connectivity index (χ0n) is 14.8. The molecule has 1 N–H and O–H groups in total. The lowest BCUT2D eigenvalue weighted by Gasteiger charge is -2.26. The highest BCUT2D eigenvalue weighted by Gasteiger charge is 2.28. The number of hydrogen-bond acceptors (Lipinski definition) is 4. The van der Waals surface area contributed by atoms with Gasteiger partial charge in [-0.25, -0.2) is 0 Å². The summed E-state index contributed by atoms with van der Waals surface area (Å²) in [6, 6.07) is 6.10. The van der Waals surface area contributed by atoms with E-state index in [-0.39, 0.29) is 17.7 Å². The lowest BCUT2D eigenvalue weighted by Crippen LogP contribution is -2.35. The molecule has 138 valence electrons. The third-order valence-corrected chi connectivity index (χ3v) is 7.43. The molecule has 2 aromatic rings. The van der Waals surface area contributed by atoms with Crippen molar-refractivity contribution < 1.29 is 9.59 Å². The molecule has 2 aliphatic rings. The van der Waals surface area contributed by atoms with Gasteiger partial charge in [-0.15, -0.1) is 22.7 Å². The molecule has 1 aliphatic carbocycles. The van der Waals surface area contributed by atoms with E-state index in [1.165, 1.54) is 21.7 Å². The number of aryl methyl sites for hydroxylation is 1. The Labute approximate surface area is 162 Å². The monoisotopic (exact) mass is 388 g/mol. The number of hydrogen-bond donors (Lipinski definition) is 1. The number of carbonyl (C=O) groups excluding carboxylic acids is 2. The van der Waals surface area contributed by atoms with Crippen LogP contribution in [0.1, 0.15) is 50.7 Å². The van der Waals surface area contributed by atoms with Gasteiger partial charge < -0.3 is 10.2 Å². The first-order valence-electron chi connectivity index (χ1n) is 9.41. The van der Waals surface area contributed by atoms with Gasteiger partial charge in [0.05, 0.1) is 11.4 Å². The topological polar surface area (TPSA) is 49.4 Å². The number of amides is 2. The second-order valence-corrected chi connectivity index (χ2v) is 9.32. The summed E-state index contributed by atoms with van der Waals surface area (Å²) in [6.45, 7) is 2.38. The maximum Gasteiger partial charge on any atom is 0.263 e. The van der Waals surface area contributed by atoms with Crippen molar-refractivity contribution in [1.29, 1.82) is 0 Å². The quantitative estimate of drug-likeness (QED) is 0.865. The van der Waals surface area contributed by atoms with Crippen LogP contribution in [0.3, 0.4) is 0 Å². The van der Waals surface area contributed by atoms with Crippen molar-refractivity contribution in [2.24, 2.45) is 5.92 Å². The summed E-state index contributed by atoms with van der Waals surface area (Å²) in [5, 5.41) is 5.09. The summed E-state index contributed by atoms with van der Waals surface area (Å²) in [4.78, 5) is 30.6. The molecule has 4 rings (SSSR count). The molecule has 0 aromatic carbocycles. The molecule has 0 bridgehead atoms. The molecule has 0 saturated carbocycles. The summed E-state index contributed by atoms with van der Waals surface area (Å²) in [7, 11) is 0. The van der Waals surface area contributed by atoms with Crippen LogP contribution in [0.25, 0.3) is 0 Å². The van der Waals surface area contributed by atoms with E-state index in [2.05, 4.69) is 11.4 Å². The van der Waals surface area contributed by atoms with Crippen LogP contribution in [0.4, 0.5) is 0 Å². The highest BCUT2D eigenvalue weighted by Crippen LogP contribution is 2.33. The minimum atomic E-state index is 0.0231. The van der Waals surface area contributed by atoms with E-state index in [0.717, 1.165) is 50.1 Å². The molecule has 2 amide bonds. The SMILES string of the molecule is O=C(NCc1cccs1)[C@@H]1CCc2sc(C(=O)N3CCCCC3)cc2C1. The van der Waals surface area contributed by atoms with E-state index in [0.29, 0.717) is 6.54 Å². The molecule has 4 nitrogen and oxygen atoms in total. The second kappa shape index (κ2) is 7.92. The molecule has 0 radical (unpaired) electrons. The van der Waals surface area contributed by atoms with Crippen LogP contribution in [0, 0.1) is 5.92 Å². The Morgan fingerprint density at radius 1 is 1.23 bits per heavy atom. The van der Waals surface area contributed by atoms with E-state index in [1.54, 1.807) is 22.7 Å². The molecule has 0 unspecified atom stereocenters. The standard InChI is InChI=1S/C20H24N2O2S2/c23-19(21-13-16-5-4-10-25-16)14-6-7-17-15(11-14)12-18(26-17)20(24)22-8-2-1-3-9-22/h4-5,10,12,14H,1-3,6-9,11,13H2,(H,21,23)/t14-/m1/s1. The van der Waals surface area contributed by atoms with Crippen molar-refractivity contribution in [2.75, 3.05) is 13.1 Å². The van der Waals surface area contributed by atoms with Gasteiger partial charge in [0.15, 0.2) is 0 Å². The summed E-state index contributed by atoms with van der Waals surface area (Å²) < 4.78 is 0. The number of nitrogens with one attached hydrogen (secondary N) is 1. The number of fused-ring (bicyclic) bond motifs is 1. The van der Waals surface area contributed by atoms with Gasteiger partial charge in [-0.2, -0.15) is 0 Å². The Morgan fingerprint density at radius 3 is 2.85 bits per heavy atom. The zero-order chi connectivity index (χ0) is 17.9. The van der Waals surface area contributed by atoms with Gasteiger partial charge in [-0.05, 0) is 61.6 Å². The van der Waals surface area contributed by atoms with Crippen LogP contribution in [0.5, 0.6) is 0 Å². The van der Waals surface area contributed by atoms with E-state index < -0.39 is 0 Å². The van der Waals surface area contributed by atoms with Gasteiger partial charge in [0.1, 0.15) is 0 Å². The first-order valence-corrected chi connectivity index (χ1v) is 11.1. The van der Waals surface area contributed by atoms with Gasteiger partial charge in [0.2, 0.25) is 5.91 Å². The molecule has 26 heavy (non-hydrogen) atoms. The molecule has 1 atom stereocenters. The van der Waals surface area contributed by atoms with Crippen molar-refractivity contribution in [3.8, 4) is 0 Å². The third-order valence-electron chi connectivity index (χ3n) is 5.32. The number of carbonyl (C=O) groups is 2. The number of rotatable bonds is 4. The maximum atomic E-state index is 12.7. The fraction of sp³-hybridized carbons (Fsp3) is 0.500. The minimum absolute atomic E-state index is 0.0231. The second-order valence-electron chi connectivity index (χ2n) is 7.15. The van der Waals surface area contributed by atoms with Crippen LogP contribution in [-0.2, 0) is 24.2 Å². The Morgan fingerprint density at radius 2 is 2.08 bits per heavy atom. The smallest absolute Gasteiger partial charge is 0.263 e. The third kappa shape index (κ3) is 3.86. The summed E-state index contributed by atoms with van der Waals surface area (Å²) in [6.07, 6.45) is 6.00. The Hall–Kier alpha value is -1.66. The van der Waals surface area contributed by atoms with Gasteiger partial charge in [0.25, 0.3) is 5.91 Å². The van der Waals surface area contributed by atoms with Crippen molar-refractivity contribution >= 4 is 34.5 Å². The number of thiophene rings is 2. The number of likely N-dealkylation sites (tertiary alicyclic amines) is 1. The Balaban J connectivity index is 1.38. The van der Waals surface area contributed by atoms with Crippen LogP contribution >= 0.6 is 22.7 Å². The van der Waals surface area contributed by atoms with Crippen LogP contribution < -0.4 is 5.32 Å². The van der Waals surface area contributed by atoms with E-state index in [1.807, 2.05) is 22.4 Å². The summed E-state index contributed by atoms with van der Waals surface area (Å²) >= 11 is 3.31. The van der Waals surface area contributed by atoms with Crippen LogP contribution in [0.2, 0.25) is 0 Å². The largest absolute Gasteiger partial charge is 0.351 e. The van der Waals surface area contributed by atoms with Gasteiger partial charge in [-0.3, -0.25) is 9.59 Å². The zero-order valence-corrected chi connectivity index (χ0v) is 16.5. The Kier molecular flexibility index (Phi) is 5.41. The molecule has 0 spiro atoms. The normalized spacial score (nSPS) is 19.8. The fourth-order valence-corrected chi connectivity index (χ4v) is 5.66. The maximum absolute atomic E-state index is 12.7.